The first-order chi connectivity index (χ1) is 13.2. The lowest BCUT2D eigenvalue weighted by Crippen LogP contribution is -2.10. The van der Waals surface area contributed by atoms with Crippen molar-refractivity contribution in [3.63, 3.8) is 0 Å². The molecule has 7 nitrogen and oxygen atoms in total. The molecule has 0 bridgehead atoms. The number of rotatable bonds is 9. The van der Waals surface area contributed by atoms with E-state index in [1.807, 2.05) is 42.5 Å². The fourth-order valence-corrected chi connectivity index (χ4v) is 2.64. The fourth-order valence-electron chi connectivity index (χ4n) is 2.51. The first-order valence-corrected chi connectivity index (χ1v) is 8.73. The molecule has 3 rings (SSSR count). The summed E-state index contributed by atoms with van der Waals surface area (Å²) in [6, 6.07) is 13.3. The van der Waals surface area contributed by atoms with Crippen LogP contribution in [0, 0.1) is 0 Å². The highest BCUT2D eigenvalue weighted by atomic mass is 35.5. The Labute approximate surface area is 162 Å². The van der Waals surface area contributed by atoms with Crippen LogP contribution in [0.3, 0.4) is 0 Å². The van der Waals surface area contributed by atoms with Gasteiger partial charge in [0.2, 0.25) is 5.95 Å². The van der Waals surface area contributed by atoms with Crippen molar-refractivity contribution in [1.82, 2.24) is 20.2 Å². The second-order valence-electron chi connectivity index (χ2n) is 5.69. The van der Waals surface area contributed by atoms with Gasteiger partial charge in [-0.15, -0.1) is 6.58 Å². The number of anilines is 1. The van der Waals surface area contributed by atoms with Gasteiger partial charge in [0.15, 0.2) is 11.5 Å². The Morgan fingerprint density at radius 3 is 2.78 bits per heavy atom. The van der Waals surface area contributed by atoms with Crippen molar-refractivity contribution in [3.8, 4) is 11.5 Å². The molecular weight excluding hydrogens is 366 g/mol. The van der Waals surface area contributed by atoms with Gasteiger partial charge in [-0.3, -0.25) is 0 Å². The number of hydrogen-bond donors (Lipinski definition) is 1. The van der Waals surface area contributed by atoms with Crippen LogP contribution in [0.25, 0.3) is 0 Å². The summed E-state index contributed by atoms with van der Waals surface area (Å²) in [5.41, 5.74) is 1.94. The van der Waals surface area contributed by atoms with Crippen molar-refractivity contribution >= 4 is 17.5 Å². The van der Waals surface area contributed by atoms with Crippen molar-refractivity contribution in [3.05, 3.63) is 71.3 Å². The summed E-state index contributed by atoms with van der Waals surface area (Å²) in [6.07, 6.45) is 1.73. The molecule has 0 aliphatic heterocycles. The number of ether oxygens (including phenoxy) is 2. The van der Waals surface area contributed by atoms with Gasteiger partial charge in [0.25, 0.3) is 0 Å². The van der Waals surface area contributed by atoms with Crippen molar-refractivity contribution in [2.24, 2.45) is 0 Å². The Hall–Kier alpha value is -3.06. The number of aromatic nitrogens is 4. The van der Waals surface area contributed by atoms with Gasteiger partial charge in [-0.1, -0.05) is 47.0 Å². The predicted molar refractivity (Wildman–Crippen MR) is 104 cm³/mol. The number of allylic oxidation sites excluding steroid dienone is 1. The summed E-state index contributed by atoms with van der Waals surface area (Å²) in [7, 11) is 1.62. The SMILES string of the molecule is C=CCn1nnnc1NCc1cccc(OC)c1OCc1ccc(Cl)cc1. The topological polar surface area (TPSA) is 74.1 Å². The Balaban J connectivity index is 1.75. The van der Waals surface area contributed by atoms with E-state index >= 15 is 0 Å². The van der Waals surface area contributed by atoms with Crippen LogP contribution in [-0.2, 0) is 19.7 Å². The van der Waals surface area contributed by atoms with Crippen LogP contribution in [0.2, 0.25) is 5.02 Å². The van der Waals surface area contributed by atoms with Gasteiger partial charge in [-0.05, 0) is 34.2 Å². The first kappa shape index (κ1) is 18.7. The van der Waals surface area contributed by atoms with E-state index in [2.05, 4.69) is 27.4 Å². The summed E-state index contributed by atoms with van der Waals surface area (Å²) in [6.45, 7) is 5.10. The second kappa shape index (κ2) is 9.05. The Kier molecular flexibility index (Phi) is 6.27. The van der Waals surface area contributed by atoms with E-state index in [1.165, 1.54) is 0 Å². The van der Waals surface area contributed by atoms with Gasteiger partial charge in [0, 0.05) is 17.1 Å². The number of nitrogens with zero attached hydrogens (tertiary/aromatic N) is 4. The molecular formula is C19H20ClN5O2. The first-order valence-electron chi connectivity index (χ1n) is 8.35. The third kappa shape index (κ3) is 4.77. The van der Waals surface area contributed by atoms with Crippen LogP contribution in [0.4, 0.5) is 5.95 Å². The average Bonchev–Trinajstić information content (AvgIpc) is 3.13. The van der Waals surface area contributed by atoms with E-state index in [0.29, 0.717) is 42.2 Å². The number of para-hydroxylation sites is 1. The largest absolute Gasteiger partial charge is 0.493 e. The van der Waals surface area contributed by atoms with Crippen LogP contribution in [-0.4, -0.2) is 27.3 Å². The maximum absolute atomic E-state index is 6.05. The molecule has 0 amide bonds. The van der Waals surface area contributed by atoms with Crippen molar-refractivity contribution in [2.75, 3.05) is 12.4 Å². The maximum atomic E-state index is 6.05. The van der Waals surface area contributed by atoms with Gasteiger partial charge < -0.3 is 14.8 Å². The zero-order valence-electron chi connectivity index (χ0n) is 14.9. The lowest BCUT2D eigenvalue weighted by atomic mass is 10.1. The zero-order valence-corrected chi connectivity index (χ0v) is 15.7. The molecule has 1 N–H and O–H groups in total. The quantitative estimate of drug-likeness (QED) is 0.566. The Morgan fingerprint density at radius 1 is 1.22 bits per heavy atom. The van der Waals surface area contributed by atoms with Crippen LogP contribution < -0.4 is 14.8 Å². The number of halogens is 1. The normalized spacial score (nSPS) is 10.4. The predicted octanol–water partition coefficient (Wildman–Crippen LogP) is 3.71. The molecule has 2 aromatic carbocycles. The minimum absolute atomic E-state index is 0.402. The lowest BCUT2D eigenvalue weighted by Gasteiger charge is -2.16. The molecule has 0 spiro atoms. The zero-order chi connectivity index (χ0) is 19.1. The third-order valence-electron chi connectivity index (χ3n) is 3.85. The van der Waals surface area contributed by atoms with Crippen LogP contribution in [0.5, 0.6) is 11.5 Å². The van der Waals surface area contributed by atoms with E-state index in [0.717, 1.165) is 11.1 Å². The van der Waals surface area contributed by atoms with E-state index < -0.39 is 0 Å². The molecule has 0 atom stereocenters. The van der Waals surface area contributed by atoms with Crippen molar-refractivity contribution in [1.29, 1.82) is 0 Å². The standard InChI is InChI=1S/C19H20ClN5O2/c1-3-11-25-19(22-23-24-25)21-12-15-5-4-6-17(26-2)18(15)27-13-14-7-9-16(20)10-8-14/h3-10H,1,11-13H2,2H3,(H,21,22,24). The van der Waals surface area contributed by atoms with Gasteiger partial charge in [-0.2, -0.15) is 0 Å². The van der Waals surface area contributed by atoms with E-state index in [4.69, 9.17) is 21.1 Å². The molecule has 0 saturated heterocycles. The molecule has 27 heavy (non-hydrogen) atoms. The molecule has 0 fully saturated rings. The summed E-state index contributed by atoms with van der Waals surface area (Å²) in [4.78, 5) is 0. The van der Waals surface area contributed by atoms with E-state index in [-0.39, 0.29) is 0 Å². The van der Waals surface area contributed by atoms with Crippen LogP contribution in [0.1, 0.15) is 11.1 Å². The highest BCUT2D eigenvalue weighted by Gasteiger charge is 2.12. The molecule has 1 heterocycles. The molecule has 1 aromatic heterocycles. The Morgan fingerprint density at radius 2 is 2.04 bits per heavy atom. The molecule has 0 unspecified atom stereocenters. The molecule has 8 heteroatoms. The van der Waals surface area contributed by atoms with E-state index in [9.17, 15) is 0 Å². The Bertz CT molecular complexity index is 895. The van der Waals surface area contributed by atoms with Crippen molar-refractivity contribution < 1.29 is 9.47 Å². The number of tetrazole rings is 1. The molecule has 0 radical (unpaired) electrons. The smallest absolute Gasteiger partial charge is 0.243 e. The summed E-state index contributed by atoms with van der Waals surface area (Å²) in [5.74, 6) is 1.89. The fraction of sp³-hybridized carbons (Fsp3) is 0.211. The number of methoxy groups -OCH3 is 1. The monoisotopic (exact) mass is 385 g/mol. The van der Waals surface area contributed by atoms with Crippen molar-refractivity contribution in [2.45, 2.75) is 19.7 Å². The summed E-state index contributed by atoms with van der Waals surface area (Å²) in [5, 5.41) is 15.5. The minimum Gasteiger partial charge on any atom is -0.493 e. The van der Waals surface area contributed by atoms with Crippen LogP contribution in [0.15, 0.2) is 55.1 Å². The molecule has 0 saturated carbocycles. The summed E-state index contributed by atoms with van der Waals surface area (Å²) < 4.78 is 13.1. The third-order valence-corrected chi connectivity index (χ3v) is 4.10. The molecule has 0 aliphatic carbocycles. The minimum atomic E-state index is 0.402. The van der Waals surface area contributed by atoms with Gasteiger partial charge in [-0.25, -0.2) is 4.68 Å². The second-order valence-corrected chi connectivity index (χ2v) is 6.13. The lowest BCUT2D eigenvalue weighted by molar-refractivity contribution is 0.281. The maximum Gasteiger partial charge on any atom is 0.243 e. The van der Waals surface area contributed by atoms with Gasteiger partial charge in [0.1, 0.15) is 6.61 Å². The highest BCUT2D eigenvalue weighted by Crippen LogP contribution is 2.32. The van der Waals surface area contributed by atoms with Crippen LogP contribution >= 0.6 is 11.6 Å². The molecule has 0 aliphatic rings. The average molecular weight is 386 g/mol. The number of nitrogens with one attached hydrogen (secondary N) is 1. The summed E-state index contributed by atoms with van der Waals surface area (Å²) >= 11 is 5.93. The number of benzene rings is 2. The molecule has 3 aromatic rings. The number of hydrogen-bond acceptors (Lipinski definition) is 6. The molecule has 140 valence electrons. The van der Waals surface area contributed by atoms with Gasteiger partial charge >= 0.3 is 0 Å². The van der Waals surface area contributed by atoms with Gasteiger partial charge in [0.05, 0.1) is 13.7 Å². The van der Waals surface area contributed by atoms with E-state index in [1.54, 1.807) is 17.9 Å². The highest BCUT2D eigenvalue weighted by molar-refractivity contribution is 6.30.